The zero-order valence-corrected chi connectivity index (χ0v) is 9.59. The Balaban J connectivity index is 2.90. The molecule has 0 unspecified atom stereocenters. The Kier molecular flexibility index (Phi) is 2.64. The van der Waals surface area contributed by atoms with Crippen LogP contribution < -0.4 is 0 Å². The van der Waals surface area contributed by atoms with Gasteiger partial charge in [0, 0.05) is 0 Å². The molecule has 50 valence electrons. The average Bonchev–Trinajstić information content (AvgIpc) is 2.08. The molecule has 9 heavy (non-hydrogen) atoms. The number of nitrogens with zero attached hydrogens (tertiary/aromatic N) is 2. The normalized spacial score (nSPS) is 11.9. The van der Waals surface area contributed by atoms with E-state index in [1.807, 2.05) is 0 Å². The summed E-state index contributed by atoms with van der Waals surface area (Å²) in [6.45, 7) is 0. The second-order valence-electron chi connectivity index (χ2n) is 1.24. The number of halogens is 3. The summed E-state index contributed by atoms with van der Waals surface area (Å²) in [5.74, 6) is 0. The van der Waals surface area contributed by atoms with Crippen LogP contribution in [-0.2, 0) is 2.14 Å². The van der Waals surface area contributed by atoms with Crippen molar-refractivity contribution in [3.63, 3.8) is 0 Å². The van der Waals surface area contributed by atoms with Gasteiger partial charge in [0.25, 0.3) is 0 Å². The van der Waals surface area contributed by atoms with Gasteiger partial charge in [-0.15, -0.1) is 0 Å². The molecule has 0 radical (unpaired) electrons. The number of rotatable bonds is 0. The van der Waals surface area contributed by atoms with Crippen LogP contribution in [0.15, 0.2) is 6.33 Å². The van der Waals surface area contributed by atoms with E-state index in [0.717, 1.165) is 5.01 Å². The SMILES string of the molecule is BrC(Br)(Br)c1ncns1. The van der Waals surface area contributed by atoms with Crippen molar-refractivity contribution in [1.29, 1.82) is 0 Å². The topological polar surface area (TPSA) is 25.8 Å². The van der Waals surface area contributed by atoms with E-state index in [-0.39, 0.29) is 0 Å². The average molecular weight is 337 g/mol. The van der Waals surface area contributed by atoms with E-state index < -0.39 is 2.14 Å². The zero-order valence-electron chi connectivity index (χ0n) is 4.01. The molecule has 0 N–H and O–H groups in total. The molecular weight excluding hydrogens is 336 g/mol. The molecular formula is C3HBr3N2S. The summed E-state index contributed by atoms with van der Waals surface area (Å²) in [6, 6.07) is 0. The minimum atomic E-state index is -0.395. The zero-order chi connectivity index (χ0) is 6.91. The lowest BCUT2D eigenvalue weighted by Gasteiger charge is -2.04. The van der Waals surface area contributed by atoms with E-state index in [1.54, 1.807) is 0 Å². The summed E-state index contributed by atoms with van der Waals surface area (Å²) in [5, 5.41) is 0.850. The first kappa shape index (κ1) is 8.10. The maximum Gasteiger partial charge on any atom is 0.187 e. The van der Waals surface area contributed by atoms with Gasteiger partial charge in [-0.05, 0) is 11.5 Å². The van der Waals surface area contributed by atoms with Gasteiger partial charge < -0.3 is 0 Å². The Bertz CT molecular complexity index is 179. The molecule has 1 aromatic heterocycles. The first-order chi connectivity index (χ1) is 4.11. The Hall–Kier alpha value is 1.00. The minimum absolute atomic E-state index is 0.395. The Labute approximate surface area is 81.6 Å². The Morgan fingerprint density at radius 1 is 1.44 bits per heavy atom. The second kappa shape index (κ2) is 2.94. The van der Waals surface area contributed by atoms with E-state index in [1.165, 1.54) is 17.9 Å². The Morgan fingerprint density at radius 2 is 2.11 bits per heavy atom. The van der Waals surface area contributed by atoms with Gasteiger partial charge in [0.1, 0.15) is 6.33 Å². The molecule has 1 rings (SSSR count). The van der Waals surface area contributed by atoms with E-state index >= 15 is 0 Å². The molecule has 0 aliphatic rings. The fourth-order valence-electron chi connectivity index (χ4n) is 0.298. The molecule has 0 atom stereocenters. The smallest absolute Gasteiger partial charge is 0.187 e. The monoisotopic (exact) mass is 334 g/mol. The highest BCUT2D eigenvalue weighted by molar-refractivity contribution is 9.38. The van der Waals surface area contributed by atoms with Crippen LogP contribution >= 0.6 is 59.3 Å². The maximum atomic E-state index is 3.95. The highest BCUT2D eigenvalue weighted by Gasteiger charge is 2.23. The molecule has 1 heterocycles. The summed E-state index contributed by atoms with van der Waals surface area (Å²) in [6.07, 6.45) is 1.51. The lowest BCUT2D eigenvalue weighted by atomic mass is 10.8. The third kappa shape index (κ3) is 2.25. The summed E-state index contributed by atoms with van der Waals surface area (Å²) in [4.78, 5) is 3.95. The quantitative estimate of drug-likeness (QED) is 0.681. The van der Waals surface area contributed by atoms with Crippen LogP contribution in [-0.4, -0.2) is 9.36 Å². The molecule has 0 aliphatic carbocycles. The van der Waals surface area contributed by atoms with Crippen molar-refractivity contribution in [2.75, 3.05) is 0 Å². The summed E-state index contributed by atoms with van der Waals surface area (Å²) < 4.78 is 3.43. The molecule has 0 amide bonds. The molecule has 0 bridgehead atoms. The predicted octanol–water partition coefficient (Wildman–Crippen LogP) is 2.83. The summed E-state index contributed by atoms with van der Waals surface area (Å²) in [5.41, 5.74) is 0. The molecule has 0 aromatic carbocycles. The van der Waals surface area contributed by atoms with Crippen LogP contribution in [0, 0.1) is 0 Å². The van der Waals surface area contributed by atoms with Crippen molar-refractivity contribution in [1.82, 2.24) is 9.36 Å². The van der Waals surface area contributed by atoms with Crippen LogP contribution in [0.3, 0.4) is 0 Å². The first-order valence-corrected chi connectivity index (χ1v) is 5.10. The van der Waals surface area contributed by atoms with Crippen molar-refractivity contribution in [3.8, 4) is 0 Å². The Morgan fingerprint density at radius 3 is 2.33 bits per heavy atom. The van der Waals surface area contributed by atoms with Gasteiger partial charge in [0.2, 0.25) is 0 Å². The fraction of sp³-hybridized carbons (Fsp3) is 0.333. The second-order valence-corrected chi connectivity index (χ2v) is 8.79. The molecule has 0 fully saturated rings. The summed E-state index contributed by atoms with van der Waals surface area (Å²) >= 11 is 11.2. The lowest BCUT2D eigenvalue weighted by Crippen LogP contribution is -1.94. The molecule has 1 aromatic rings. The first-order valence-electron chi connectivity index (χ1n) is 1.94. The van der Waals surface area contributed by atoms with Gasteiger partial charge in [-0.3, -0.25) is 0 Å². The number of hydrogen-bond acceptors (Lipinski definition) is 3. The third-order valence-corrected chi connectivity index (χ3v) is 3.30. The molecule has 0 spiro atoms. The van der Waals surface area contributed by atoms with Crippen molar-refractivity contribution < 1.29 is 0 Å². The molecule has 0 saturated carbocycles. The van der Waals surface area contributed by atoms with E-state index in [2.05, 4.69) is 57.1 Å². The van der Waals surface area contributed by atoms with Crippen LogP contribution in [0.2, 0.25) is 0 Å². The molecule has 0 saturated heterocycles. The fourth-order valence-corrected chi connectivity index (χ4v) is 1.65. The predicted molar refractivity (Wildman–Crippen MR) is 48.4 cm³/mol. The number of hydrogen-bond donors (Lipinski definition) is 0. The van der Waals surface area contributed by atoms with Gasteiger partial charge in [-0.25, -0.2) is 4.98 Å². The van der Waals surface area contributed by atoms with Crippen molar-refractivity contribution in [2.24, 2.45) is 0 Å². The highest BCUT2D eigenvalue weighted by atomic mass is 80.0. The van der Waals surface area contributed by atoms with Crippen molar-refractivity contribution in [2.45, 2.75) is 2.14 Å². The van der Waals surface area contributed by atoms with Gasteiger partial charge in [-0.2, -0.15) is 4.37 Å². The lowest BCUT2D eigenvalue weighted by molar-refractivity contribution is 1.21. The van der Waals surface area contributed by atoms with E-state index in [4.69, 9.17) is 0 Å². The van der Waals surface area contributed by atoms with E-state index in [0.29, 0.717) is 0 Å². The summed E-state index contributed by atoms with van der Waals surface area (Å²) in [7, 11) is 0. The van der Waals surface area contributed by atoms with Crippen LogP contribution in [0.25, 0.3) is 0 Å². The van der Waals surface area contributed by atoms with Crippen molar-refractivity contribution >= 4 is 59.3 Å². The highest BCUT2D eigenvalue weighted by Crippen LogP contribution is 2.44. The van der Waals surface area contributed by atoms with Crippen LogP contribution in [0.5, 0.6) is 0 Å². The largest absolute Gasteiger partial charge is 0.225 e. The van der Waals surface area contributed by atoms with Crippen LogP contribution in [0.4, 0.5) is 0 Å². The molecule has 0 aliphatic heterocycles. The van der Waals surface area contributed by atoms with E-state index in [9.17, 15) is 0 Å². The van der Waals surface area contributed by atoms with Gasteiger partial charge >= 0.3 is 0 Å². The molecule has 2 nitrogen and oxygen atoms in total. The van der Waals surface area contributed by atoms with Crippen LogP contribution in [0.1, 0.15) is 5.01 Å². The van der Waals surface area contributed by atoms with Gasteiger partial charge in [-0.1, -0.05) is 47.8 Å². The van der Waals surface area contributed by atoms with Gasteiger partial charge in [0.05, 0.1) is 0 Å². The minimum Gasteiger partial charge on any atom is -0.225 e. The number of aromatic nitrogens is 2. The maximum absolute atomic E-state index is 3.95. The molecule has 6 heteroatoms. The van der Waals surface area contributed by atoms with Gasteiger partial charge in [0.15, 0.2) is 7.15 Å². The van der Waals surface area contributed by atoms with Crippen molar-refractivity contribution in [3.05, 3.63) is 11.3 Å². The third-order valence-electron chi connectivity index (χ3n) is 0.604. The standard InChI is InChI=1S/C3HBr3N2S/c4-3(5,6)2-7-1-8-9-2/h1H. The number of alkyl halides is 3.